The van der Waals surface area contributed by atoms with Crippen molar-refractivity contribution in [2.75, 3.05) is 4.90 Å². The number of nitrogens with zero attached hydrogens (tertiary/aromatic N) is 1. The highest BCUT2D eigenvalue weighted by Crippen LogP contribution is 2.45. The molecular formula is C44H29NO. The lowest BCUT2D eigenvalue weighted by molar-refractivity contribution is 0.669. The van der Waals surface area contributed by atoms with E-state index in [0.29, 0.717) is 0 Å². The van der Waals surface area contributed by atoms with Crippen LogP contribution >= 0.6 is 0 Å². The van der Waals surface area contributed by atoms with Crippen molar-refractivity contribution in [3.8, 4) is 22.3 Å². The topological polar surface area (TPSA) is 16.4 Å². The molecule has 9 aromatic rings. The van der Waals surface area contributed by atoms with Crippen molar-refractivity contribution < 1.29 is 4.42 Å². The van der Waals surface area contributed by atoms with E-state index in [2.05, 4.69) is 169 Å². The molecule has 0 aliphatic rings. The van der Waals surface area contributed by atoms with Crippen LogP contribution < -0.4 is 4.90 Å². The molecule has 0 spiro atoms. The van der Waals surface area contributed by atoms with Crippen LogP contribution in [0.2, 0.25) is 0 Å². The second-order valence-electron chi connectivity index (χ2n) is 11.7. The lowest BCUT2D eigenvalue weighted by Crippen LogP contribution is -2.10. The number of para-hydroxylation sites is 2. The lowest BCUT2D eigenvalue weighted by atomic mass is 9.93. The minimum atomic E-state index is 0.870. The number of furan rings is 1. The van der Waals surface area contributed by atoms with Gasteiger partial charge in [0.1, 0.15) is 5.58 Å². The highest BCUT2D eigenvalue weighted by Gasteiger charge is 2.21. The Bertz CT molecular complexity index is 2530. The van der Waals surface area contributed by atoms with Crippen LogP contribution in [0.4, 0.5) is 17.1 Å². The molecule has 0 aliphatic carbocycles. The highest BCUT2D eigenvalue weighted by molar-refractivity contribution is 6.12. The van der Waals surface area contributed by atoms with E-state index in [1.165, 1.54) is 43.8 Å². The maximum atomic E-state index is 6.63. The van der Waals surface area contributed by atoms with Crippen LogP contribution in [0.15, 0.2) is 180 Å². The van der Waals surface area contributed by atoms with Crippen LogP contribution in [-0.2, 0) is 0 Å². The largest absolute Gasteiger partial charge is 0.454 e. The van der Waals surface area contributed by atoms with Crippen LogP contribution in [-0.4, -0.2) is 0 Å². The third kappa shape index (κ3) is 4.35. The van der Waals surface area contributed by atoms with Gasteiger partial charge < -0.3 is 9.32 Å². The monoisotopic (exact) mass is 587 g/mol. The fourth-order valence-corrected chi connectivity index (χ4v) is 6.86. The van der Waals surface area contributed by atoms with E-state index >= 15 is 0 Å². The van der Waals surface area contributed by atoms with Crippen molar-refractivity contribution in [3.63, 3.8) is 0 Å². The molecule has 0 saturated heterocycles. The predicted molar refractivity (Wildman–Crippen MR) is 194 cm³/mol. The van der Waals surface area contributed by atoms with Crippen LogP contribution in [0.3, 0.4) is 0 Å². The van der Waals surface area contributed by atoms with Crippen molar-refractivity contribution in [1.82, 2.24) is 0 Å². The molecular weight excluding hydrogens is 558 g/mol. The lowest BCUT2D eigenvalue weighted by Gasteiger charge is -2.27. The Morgan fingerprint density at radius 2 is 0.957 bits per heavy atom. The first-order valence-corrected chi connectivity index (χ1v) is 15.7. The summed E-state index contributed by atoms with van der Waals surface area (Å²) in [4.78, 5) is 2.35. The molecule has 0 saturated carbocycles. The number of fused-ring (bicyclic) bond motifs is 6. The SMILES string of the molecule is c1ccc(-c2ccc(N(c3ccc4ccc5ccccc5c4c3)c3cccc4c3oc3ccccc34)cc2-c2ccccc2)cc1. The molecule has 1 heterocycles. The van der Waals surface area contributed by atoms with Gasteiger partial charge in [0.05, 0.1) is 5.69 Å². The second kappa shape index (κ2) is 10.8. The molecule has 9 rings (SSSR count). The van der Waals surface area contributed by atoms with Gasteiger partial charge in [0.15, 0.2) is 5.58 Å². The minimum Gasteiger partial charge on any atom is -0.454 e. The average Bonchev–Trinajstić information content (AvgIpc) is 3.52. The standard InChI is InChI=1S/C44H29NO/c1-3-12-30(13-4-1)37-27-26-35(29-40(37)31-14-5-2-6-15-31)45(42-20-11-19-39-38-18-9-10-21-43(38)46-44(39)42)34-25-24-33-23-22-32-16-7-8-17-36(32)41(33)28-34/h1-29H. The van der Waals surface area contributed by atoms with Gasteiger partial charge in [-0.05, 0) is 80.2 Å². The number of hydrogen-bond donors (Lipinski definition) is 0. The minimum absolute atomic E-state index is 0.870. The first-order valence-electron chi connectivity index (χ1n) is 15.7. The van der Waals surface area contributed by atoms with Gasteiger partial charge in [-0.25, -0.2) is 0 Å². The first-order chi connectivity index (χ1) is 22.8. The van der Waals surface area contributed by atoms with E-state index in [1.807, 2.05) is 12.1 Å². The van der Waals surface area contributed by atoms with E-state index in [9.17, 15) is 0 Å². The summed E-state index contributed by atoms with van der Waals surface area (Å²) in [6, 6.07) is 62.7. The van der Waals surface area contributed by atoms with Gasteiger partial charge in [-0.15, -0.1) is 0 Å². The summed E-state index contributed by atoms with van der Waals surface area (Å²) in [6.45, 7) is 0. The Morgan fingerprint density at radius 3 is 1.76 bits per heavy atom. The Hall–Kier alpha value is -6.12. The normalized spacial score (nSPS) is 11.5. The summed E-state index contributed by atoms with van der Waals surface area (Å²) in [5.74, 6) is 0. The molecule has 216 valence electrons. The fourth-order valence-electron chi connectivity index (χ4n) is 6.86. The van der Waals surface area contributed by atoms with E-state index < -0.39 is 0 Å². The smallest absolute Gasteiger partial charge is 0.159 e. The number of benzene rings is 8. The quantitative estimate of drug-likeness (QED) is 0.186. The molecule has 1 aromatic heterocycles. The second-order valence-corrected chi connectivity index (χ2v) is 11.7. The van der Waals surface area contributed by atoms with Crippen LogP contribution in [0.5, 0.6) is 0 Å². The summed E-state index contributed by atoms with van der Waals surface area (Å²) in [6.07, 6.45) is 0. The molecule has 46 heavy (non-hydrogen) atoms. The summed E-state index contributed by atoms with van der Waals surface area (Å²) in [5.41, 5.74) is 9.63. The molecule has 0 amide bonds. The van der Waals surface area contributed by atoms with Gasteiger partial charge in [-0.3, -0.25) is 0 Å². The zero-order valence-electron chi connectivity index (χ0n) is 25.1. The van der Waals surface area contributed by atoms with Crippen molar-refractivity contribution in [1.29, 1.82) is 0 Å². The third-order valence-corrected chi connectivity index (χ3v) is 9.04. The van der Waals surface area contributed by atoms with Gasteiger partial charge in [0, 0.05) is 22.1 Å². The van der Waals surface area contributed by atoms with Crippen molar-refractivity contribution >= 4 is 60.5 Å². The number of anilines is 3. The van der Waals surface area contributed by atoms with E-state index in [1.54, 1.807) is 0 Å². The van der Waals surface area contributed by atoms with Crippen molar-refractivity contribution in [2.45, 2.75) is 0 Å². The highest BCUT2D eigenvalue weighted by atomic mass is 16.3. The fraction of sp³-hybridized carbons (Fsp3) is 0. The van der Waals surface area contributed by atoms with Gasteiger partial charge in [-0.2, -0.15) is 0 Å². The zero-order valence-corrected chi connectivity index (χ0v) is 25.1. The Morgan fingerprint density at radius 1 is 0.370 bits per heavy atom. The predicted octanol–water partition coefficient (Wildman–Crippen LogP) is 12.7. The van der Waals surface area contributed by atoms with Crippen LogP contribution in [0.25, 0.3) is 65.7 Å². The maximum absolute atomic E-state index is 6.63. The molecule has 2 nitrogen and oxygen atoms in total. The molecule has 0 aliphatic heterocycles. The van der Waals surface area contributed by atoms with Gasteiger partial charge in [0.2, 0.25) is 0 Å². The maximum Gasteiger partial charge on any atom is 0.159 e. The molecule has 8 aromatic carbocycles. The van der Waals surface area contributed by atoms with Crippen LogP contribution in [0.1, 0.15) is 0 Å². The van der Waals surface area contributed by atoms with Crippen molar-refractivity contribution in [2.24, 2.45) is 0 Å². The van der Waals surface area contributed by atoms with Gasteiger partial charge >= 0.3 is 0 Å². The van der Waals surface area contributed by atoms with Crippen molar-refractivity contribution in [3.05, 3.63) is 176 Å². The zero-order chi connectivity index (χ0) is 30.5. The molecule has 0 unspecified atom stereocenters. The molecule has 0 N–H and O–H groups in total. The third-order valence-electron chi connectivity index (χ3n) is 9.04. The summed E-state index contributed by atoms with van der Waals surface area (Å²) < 4.78 is 6.63. The summed E-state index contributed by atoms with van der Waals surface area (Å²) in [7, 11) is 0. The Labute approximate surface area is 267 Å². The van der Waals surface area contributed by atoms with Crippen LogP contribution in [0, 0.1) is 0 Å². The van der Waals surface area contributed by atoms with Gasteiger partial charge in [0.25, 0.3) is 0 Å². The number of rotatable bonds is 5. The summed E-state index contributed by atoms with van der Waals surface area (Å²) >= 11 is 0. The van der Waals surface area contributed by atoms with E-state index in [0.717, 1.165) is 39.0 Å². The average molecular weight is 588 g/mol. The number of hydrogen-bond acceptors (Lipinski definition) is 2. The molecule has 0 atom stereocenters. The van der Waals surface area contributed by atoms with E-state index in [-0.39, 0.29) is 0 Å². The Balaban J connectivity index is 1.34. The first kappa shape index (κ1) is 26.3. The summed E-state index contributed by atoms with van der Waals surface area (Å²) in [5, 5.41) is 7.14. The molecule has 0 radical (unpaired) electrons. The Kier molecular flexibility index (Phi) is 6.17. The molecule has 2 heteroatoms. The van der Waals surface area contributed by atoms with E-state index in [4.69, 9.17) is 4.42 Å². The molecule has 0 bridgehead atoms. The van der Waals surface area contributed by atoms with Gasteiger partial charge in [-0.1, -0.05) is 140 Å². The molecule has 0 fully saturated rings.